The van der Waals surface area contributed by atoms with Gasteiger partial charge in [-0.2, -0.15) is 0 Å². The van der Waals surface area contributed by atoms with Crippen LogP contribution in [0.1, 0.15) is 33.6 Å². The van der Waals surface area contributed by atoms with Crippen molar-refractivity contribution in [3.8, 4) is 0 Å². The van der Waals surface area contributed by atoms with Crippen molar-refractivity contribution in [1.29, 1.82) is 0 Å². The average Bonchev–Trinajstić information content (AvgIpc) is 3.10. The number of aromatic nitrogens is 2. The van der Waals surface area contributed by atoms with E-state index in [-0.39, 0.29) is 5.91 Å². The summed E-state index contributed by atoms with van der Waals surface area (Å²) >= 11 is 0. The Morgan fingerprint density at radius 2 is 1.65 bits per heavy atom. The second kappa shape index (κ2) is 9.17. The van der Waals surface area contributed by atoms with Crippen LogP contribution in [0, 0.1) is 20.8 Å². The van der Waals surface area contributed by atoms with Crippen LogP contribution in [-0.2, 0) is 24.2 Å². The SMILES string of the molecule is Cc1ccc(C)c(Cn2c(CCNC(=O)Cc3ccccc3C)nc3ccccc32)c1. The maximum Gasteiger partial charge on any atom is 0.224 e. The Morgan fingerprint density at radius 1 is 0.903 bits per heavy atom. The van der Waals surface area contributed by atoms with Gasteiger partial charge in [-0.05, 0) is 55.2 Å². The number of para-hydroxylation sites is 2. The standard InChI is InChI=1S/C27H29N3O/c1-19-12-13-21(3)23(16-19)18-30-25-11-7-6-10-24(25)29-26(30)14-15-28-27(31)17-22-9-5-4-8-20(22)2/h4-13,16H,14-15,17-18H2,1-3H3,(H,28,31). The summed E-state index contributed by atoms with van der Waals surface area (Å²) in [6, 6.07) is 22.8. The molecule has 0 saturated heterocycles. The number of hydrogen-bond donors (Lipinski definition) is 1. The van der Waals surface area contributed by atoms with E-state index in [0.717, 1.165) is 34.5 Å². The first kappa shape index (κ1) is 20.9. The molecule has 0 spiro atoms. The second-order valence-corrected chi connectivity index (χ2v) is 8.24. The van der Waals surface area contributed by atoms with Crippen molar-refractivity contribution in [3.05, 3.63) is 100 Å². The highest BCUT2D eigenvalue weighted by Gasteiger charge is 2.13. The molecule has 4 aromatic rings. The number of nitrogens with zero attached hydrogens (tertiary/aromatic N) is 2. The van der Waals surface area contributed by atoms with Gasteiger partial charge >= 0.3 is 0 Å². The predicted molar refractivity (Wildman–Crippen MR) is 126 cm³/mol. The largest absolute Gasteiger partial charge is 0.355 e. The highest BCUT2D eigenvalue weighted by molar-refractivity contribution is 5.79. The Kier molecular flexibility index (Phi) is 6.17. The monoisotopic (exact) mass is 411 g/mol. The van der Waals surface area contributed by atoms with Crippen molar-refractivity contribution in [3.63, 3.8) is 0 Å². The molecule has 0 aliphatic rings. The van der Waals surface area contributed by atoms with E-state index in [9.17, 15) is 4.79 Å². The second-order valence-electron chi connectivity index (χ2n) is 8.24. The normalized spacial score (nSPS) is 11.1. The van der Waals surface area contributed by atoms with Crippen molar-refractivity contribution < 1.29 is 4.79 Å². The molecule has 0 fully saturated rings. The van der Waals surface area contributed by atoms with Crippen LogP contribution in [0.5, 0.6) is 0 Å². The van der Waals surface area contributed by atoms with E-state index >= 15 is 0 Å². The zero-order valence-electron chi connectivity index (χ0n) is 18.5. The van der Waals surface area contributed by atoms with E-state index in [2.05, 4.69) is 60.1 Å². The minimum absolute atomic E-state index is 0.0477. The van der Waals surface area contributed by atoms with Gasteiger partial charge in [0.1, 0.15) is 5.82 Å². The summed E-state index contributed by atoms with van der Waals surface area (Å²) in [7, 11) is 0. The summed E-state index contributed by atoms with van der Waals surface area (Å²) in [6.45, 7) is 7.67. The van der Waals surface area contributed by atoms with E-state index in [1.807, 2.05) is 37.3 Å². The van der Waals surface area contributed by atoms with Crippen LogP contribution in [0.25, 0.3) is 11.0 Å². The summed E-state index contributed by atoms with van der Waals surface area (Å²) in [5, 5.41) is 3.07. The van der Waals surface area contributed by atoms with Crippen LogP contribution in [0.2, 0.25) is 0 Å². The summed E-state index contributed by atoms with van der Waals surface area (Å²) in [6.07, 6.45) is 1.10. The van der Waals surface area contributed by atoms with Gasteiger partial charge in [0, 0.05) is 19.5 Å². The zero-order valence-corrected chi connectivity index (χ0v) is 18.5. The van der Waals surface area contributed by atoms with Gasteiger partial charge in [-0.15, -0.1) is 0 Å². The summed E-state index contributed by atoms with van der Waals surface area (Å²) in [5.74, 6) is 1.05. The Labute approximate surface area is 183 Å². The van der Waals surface area contributed by atoms with Crippen LogP contribution in [-0.4, -0.2) is 22.0 Å². The lowest BCUT2D eigenvalue weighted by atomic mass is 10.1. The van der Waals surface area contributed by atoms with E-state index < -0.39 is 0 Å². The number of benzene rings is 3. The first-order valence-corrected chi connectivity index (χ1v) is 10.8. The Balaban J connectivity index is 1.50. The van der Waals surface area contributed by atoms with Gasteiger partial charge in [0.05, 0.1) is 17.5 Å². The van der Waals surface area contributed by atoms with Crippen LogP contribution < -0.4 is 5.32 Å². The van der Waals surface area contributed by atoms with Gasteiger partial charge < -0.3 is 9.88 Å². The number of amides is 1. The molecule has 0 saturated carbocycles. The Morgan fingerprint density at radius 3 is 2.48 bits per heavy atom. The third-order valence-corrected chi connectivity index (χ3v) is 5.85. The molecule has 4 rings (SSSR count). The fourth-order valence-corrected chi connectivity index (χ4v) is 3.99. The molecular weight excluding hydrogens is 382 g/mol. The molecule has 0 aliphatic carbocycles. The maximum absolute atomic E-state index is 12.4. The average molecular weight is 412 g/mol. The van der Waals surface area contributed by atoms with Crippen LogP contribution in [0.15, 0.2) is 66.7 Å². The van der Waals surface area contributed by atoms with Gasteiger partial charge in [0.15, 0.2) is 0 Å². The fourth-order valence-electron chi connectivity index (χ4n) is 3.99. The molecule has 1 amide bonds. The quantitative estimate of drug-likeness (QED) is 0.470. The molecule has 0 aliphatic heterocycles. The number of hydrogen-bond acceptors (Lipinski definition) is 2. The highest BCUT2D eigenvalue weighted by atomic mass is 16.1. The molecule has 3 aromatic carbocycles. The molecule has 31 heavy (non-hydrogen) atoms. The Bertz CT molecular complexity index is 1220. The van der Waals surface area contributed by atoms with Crippen molar-refractivity contribution in [2.45, 2.75) is 40.2 Å². The predicted octanol–water partition coefficient (Wildman–Crippen LogP) is 4.91. The first-order chi connectivity index (χ1) is 15.0. The molecule has 4 heteroatoms. The lowest BCUT2D eigenvalue weighted by molar-refractivity contribution is -0.120. The van der Waals surface area contributed by atoms with Gasteiger partial charge in [-0.1, -0.05) is 60.2 Å². The third kappa shape index (κ3) is 4.85. The molecule has 158 valence electrons. The van der Waals surface area contributed by atoms with Gasteiger partial charge in [-0.25, -0.2) is 4.98 Å². The maximum atomic E-state index is 12.4. The number of rotatable bonds is 7. The van der Waals surface area contributed by atoms with Crippen molar-refractivity contribution >= 4 is 16.9 Å². The van der Waals surface area contributed by atoms with Gasteiger partial charge in [0.2, 0.25) is 5.91 Å². The highest BCUT2D eigenvalue weighted by Crippen LogP contribution is 2.20. The van der Waals surface area contributed by atoms with Crippen LogP contribution in [0.4, 0.5) is 0 Å². The number of aryl methyl sites for hydroxylation is 3. The minimum Gasteiger partial charge on any atom is -0.355 e. The van der Waals surface area contributed by atoms with Crippen molar-refractivity contribution in [2.24, 2.45) is 0 Å². The third-order valence-electron chi connectivity index (χ3n) is 5.85. The van der Waals surface area contributed by atoms with Gasteiger partial charge in [-0.3, -0.25) is 4.79 Å². The molecule has 1 heterocycles. The van der Waals surface area contributed by atoms with E-state index in [1.54, 1.807) is 0 Å². The minimum atomic E-state index is 0.0477. The molecule has 0 bridgehead atoms. The molecule has 1 N–H and O–H groups in total. The molecule has 0 atom stereocenters. The number of nitrogens with one attached hydrogen (secondary N) is 1. The van der Waals surface area contributed by atoms with E-state index in [1.165, 1.54) is 16.7 Å². The zero-order chi connectivity index (χ0) is 21.8. The topological polar surface area (TPSA) is 46.9 Å². The fraction of sp³-hybridized carbons (Fsp3) is 0.259. The van der Waals surface area contributed by atoms with Gasteiger partial charge in [0.25, 0.3) is 0 Å². The number of fused-ring (bicyclic) bond motifs is 1. The summed E-state index contributed by atoms with van der Waals surface area (Å²) in [5.41, 5.74) is 8.18. The summed E-state index contributed by atoms with van der Waals surface area (Å²) in [4.78, 5) is 17.3. The van der Waals surface area contributed by atoms with Crippen LogP contribution >= 0.6 is 0 Å². The Hall–Kier alpha value is -3.40. The molecular formula is C27H29N3O. The smallest absolute Gasteiger partial charge is 0.224 e. The molecule has 0 radical (unpaired) electrons. The molecule has 4 nitrogen and oxygen atoms in total. The van der Waals surface area contributed by atoms with Crippen molar-refractivity contribution in [2.75, 3.05) is 6.54 Å². The van der Waals surface area contributed by atoms with Crippen molar-refractivity contribution in [1.82, 2.24) is 14.9 Å². The number of imidazole rings is 1. The first-order valence-electron chi connectivity index (χ1n) is 10.8. The molecule has 1 aromatic heterocycles. The van der Waals surface area contributed by atoms with E-state index in [4.69, 9.17) is 4.98 Å². The summed E-state index contributed by atoms with van der Waals surface area (Å²) < 4.78 is 2.28. The number of carbonyl (C=O) groups is 1. The van der Waals surface area contributed by atoms with Crippen LogP contribution in [0.3, 0.4) is 0 Å². The number of carbonyl (C=O) groups excluding carboxylic acids is 1. The molecule has 0 unspecified atom stereocenters. The lowest BCUT2D eigenvalue weighted by Crippen LogP contribution is -2.28. The lowest BCUT2D eigenvalue weighted by Gasteiger charge is -2.13. The van der Waals surface area contributed by atoms with E-state index in [0.29, 0.717) is 19.4 Å².